The summed E-state index contributed by atoms with van der Waals surface area (Å²) in [5.41, 5.74) is 1.43. The van der Waals surface area contributed by atoms with E-state index in [2.05, 4.69) is 20.9 Å². The fourth-order valence-electron chi connectivity index (χ4n) is 3.02. The largest absolute Gasteiger partial charge is 0.326 e. The summed E-state index contributed by atoms with van der Waals surface area (Å²) < 4.78 is 0. The minimum Gasteiger partial charge on any atom is -0.326 e. The van der Waals surface area contributed by atoms with E-state index in [9.17, 15) is 9.59 Å². The van der Waals surface area contributed by atoms with Crippen molar-refractivity contribution in [2.45, 2.75) is 38.5 Å². The first kappa shape index (κ1) is 19.4. The summed E-state index contributed by atoms with van der Waals surface area (Å²) >= 11 is 0. The van der Waals surface area contributed by atoms with Crippen molar-refractivity contribution in [2.24, 2.45) is 0 Å². The first-order chi connectivity index (χ1) is 12.2. The number of likely N-dealkylation sites (tertiary alicyclic amines) is 1. The van der Waals surface area contributed by atoms with Gasteiger partial charge >= 0.3 is 0 Å². The standard InChI is InChI=1S/C19H30N4O2/c1-20-11-7-10-18(24)21-16-8-6-9-17(14-16)22-19(25)15-23-12-4-2-3-5-13-23/h6,8-9,14,20H,2-5,7,10-13,15H2,1H3,(H,21,24)(H,22,25). The van der Waals surface area contributed by atoms with Crippen LogP contribution in [0, 0.1) is 0 Å². The average molecular weight is 346 g/mol. The molecule has 0 aliphatic carbocycles. The Balaban J connectivity index is 1.81. The number of hydrogen-bond acceptors (Lipinski definition) is 4. The molecule has 2 amide bonds. The molecule has 138 valence electrons. The summed E-state index contributed by atoms with van der Waals surface area (Å²) in [5.74, 6) is -0.0114. The molecule has 0 spiro atoms. The van der Waals surface area contributed by atoms with Gasteiger partial charge < -0.3 is 16.0 Å². The molecule has 1 fully saturated rings. The number of benzene rings is 1. The van der Waals surface area contributed by atoms with Crippen LogP contribution in [0.2, 0.25) is 0 Å². The number of anilines is 2. The summed E-state index contributed by atoms with van der Waals surface area (Å²) in [5, 5.41) is 8.83. The van der Waals surface area contributed by atoms with Crippen molar-refractivity contribution in [2.75, 3.05) is 43.9 Å². The Labute approximate surface area is 150 Å². The van der Waals surface area contributed by atoms with Gasteiger partial charge in [0, 0.05) is 17.8 Å². The van der Waals surface area contributed by atoms with Gasteiger partial charge in [-0.25, -0.2) is 0 Å². The second kappa shape index (κ2) is 10.8. The topological polar surface area (TPSA) is 73.5 Å². The first-order valence-electron chi connectivity index (χ1n) is 9.24. The van der Waals surface area contributed by atoms with Gasteiger partial charge in [0.15, 0.2) is 0 Å². The van der Waals surface area contributed by atoms with Gasteiger partial charge in [-0.2, -0.15) is 0 Å². The maximum atomic E-state index is 12.3. The number of hydrogen-bond donors (Lipinski definition) is 3. The van der Waals surface area contributed by atoms with Crippen molar-refractivity contribution in [3.63, 3.8) is 0 Å². The van der Waals surface area contributed by atoms with Gasteiger partial charge in [0.1, 0.15) is 0 Å². The zero-order chi connectivity index (χ0) is 17.9. The van der Waals surface area contributed by atoms with Gasteiger partial charge in [0.05, 0.1) is 6.54 Å². The van der Waals surface area contributed by atoms with Crippen molar-refractivity contribution >= 4 is 23.2 Å². The molecule has 6 heteroatoms. The van der Waals surface area contributed by atoms with Crippen LogP contribution >= 0.6 is 0 Å². The molecule has 6 nitrogen and oxygen atoms in total. The highest BCUT2D eigenvalue weighted by molar-refractivity contribution is 5.94. The highest BCUT2D eigenvalue weighted by Crippen LogP contribution is 2.16. The summed E-state index contributed by atoms with van der Waals surface area (Å²) in [6, 6.07) is 7.32. The predicted molar refractivity (Wildman–Crippen MR) is 102 cm³/mol. The molecule has 1 aromatic carbocycles. The lowest BCUT2D eigenvalue weighted by Gasteiger charge is -2.19. The molecule has 1 aliphatic rings. The third-order valence-electron chi connectivity index (χ3n) is 4.33. The Hall–Kier alpha value is -1.92. The van der Waals surface area contributed by atoms with Crippen molar-refractivity contribution in [3.05, 3.63) is 24.3 Å². The molecular weight excluding hydrogens is 316 g/mol. The quantitative estimate of drug-likeness (QED) is 0.632. The molecule has 1 aliphatic heterocycles. The van der Waals surface area contributed by atoms with E-state index in [0.717, 1.165) is 26.1 Å². The molecular formula is C19H30N4O2. The van der Waals surface area contributed by atoms with Gasteiger partial charge in [0.25, 0.3) is 0 Å². The number of amides is 2. The maximum Gasteiger partial charge on any atom is 0.238 e. The molecule has 2 rings (SSSR count). The Morgan fingerprint density at radius 2 is 1.64 bits per heavy atom. The van der Waals surface area contributed by atoms with Gasteiger partial charge in [-0.05, 0) is 64.1 Å². The molecule has 25 heavy (non-hydrogen) atoms. The predicted octanol–water partition coefficient (Wildman–Crippen LogP) is 2.44. The Morgan fingerprint density at radius 3 is 2.28 bits per heavy atom. The summed E-state index contributed by atoms with van der Waals surface area (Å²) in [6.45, 7) is 3.24. The Kier molecular flexibility index (Phi) is 8.42. The van der Waals surface area contributed by atoms with E-state index in [0.29, 0.717) is 24.3 Å². The molecule has 1 saturated heterocycles. The second-order valence-electron chi connectivity index (χ2n) is 6.57. The molecule has 0 aromatic heterocycles. The van der Waals surface area contributed by atoms with Crippen LogP contribution in [0.1, 0.15) is 38.5 Å². The molecule has 0 atom stereocenters. The third-order valence-corrected chi connectivity index (χ3v) is 4.33. The highest BCUT2D eigenvalue weighted by atomic mass is 16.2. The summed E-state index contributed by atoms with van der Waals surface area (Å²) in [7, 11) is 1.87. The molecule has 0 radical (unpaired) electrons. The number of carbonyl (C=O) groups excluding carboxylic acids is 2. The van der Waals surface area contributed by atoms with E-state index in [-0.39, 0.29) is 11.8 Å². The maximum absolute atomic E-state index is 12.3. The molecule has 3 N–H and O–H groups in total. The molecule has 0 saturated carbocycles. The van der Waals surface area contributed by atoms with Crippen molar-refractivity contribution in [3.8, 4) is 0 Å². The van der Waals surface area contributed by atoms with Crippen molar-refractivity contribution in [1.29, 1.82) is 0 Å². The van der Waals surface area contributed by atoms with Crippen molar-refractivity contribution < 1.29 is 9.59 Å². The smallest absolute Gasteiger partial charge is 0.238 e. The zero-order valence-electron chi connectivity index (χ0n) is 15.1. The zero-order valence-corrected chi connectivity index (χ0v) is 15.1. The fourth-order valence-corrected chi connectivity index (χ4v) is 3.02. The van der Waals surface area contributed by atoms with Crippen LogP contribution in [0.5, 0.6) is 0 Å². The van der Waals surface area contributed by atoms with E-state index in [1.54, 1.807) is 6.07 Å². The monoisotopic (exact) mass is 346 g/mol. The number of rotatable bonds is 8. The number of nitrogens with one attached hydrogen (secondary N) is 3. The van der Waals surface area contributed by atoms with Crippen LogP contribution in [-0.2, 0) is 9.59 Å². The first-order valence-corrected chi connectivity index (χ1v) is 9.24. The molecule has 1 heterocycles. The molecule has 0 bridgehead atoms. The summed E-state index contributed by atoms with van der Waals surface area (Å²) in [4.78, 5) is 26.4. The SMILES string of the molecule is CNCCCC(=O)Nc1cccc(NC(=O)CN2CCCCCC2)c1. The lowest BCUT2D eigenvalue weighted by Crippen LogP contribution is -2.33. The van der Waals surface area contributed by atoms with E-state index < -0.39 is 0 Å². The van der Waals surface area contributed by atoms with Crippen LogP contribution in [0.3, 0.4) is 0 Å². The van der Waals surface area contributed by atoms with Gasteiger partial charge in [-0.3, -0.25) is 14.5 Å². The lowest BCUT2D eigenvalue weighted by atomic mass is 10.2. The van der Waals surface area contributed by atoms with Crippen LogP contribution in [0.25, 0.3) is 0 Å². The minimum atomic E-state index is -0.0108. The second-order valence-corrected chi connectivity index (χ2v) is 6.57. The normalized spacial score (nSPS) is 15.4. The molecule has 0 unspecified atom stereocenters. The Morgan fingerprint density at radius 1 is 1.00 bits per heavy atom. The fraction of sp³-hybridized carbons (Fsp3) is 0.579. The number of nitrogens with zero attached hydrogens (tertiary/aromatic N) is 1. The van der Waals surface area contributed by atoms with E-state index in [4.69, 9.17) is 0 Å². The van der Waals surface area contributed by atoms with Crippen LogP contribution < -0.4 is 16.0 Å². The van der Waals surface area contributed by atoms with Crippen LogP contribution in [0.4, 0.5) is 11.4 Å². The summed E-state index contributed by atoms with van der Waals surface area (Å²) in [6.07, 6.45) is 6.13. The number of carbonyl (C=O) groups is 2. The van der Waals surface area contributed by atoms with E-state index in [1.807, 2.05) is 25.2 Å². The van der Waals surface area contributed by atoms with Gasteiger partial charge in [0.2, 0.25) is 11.8 Å². The minimum absolute atomic E-state index is 0.000559. The highest BCUT2D eigenvalue weighted by Gasteiger charge is 2.13. The van der Waals surface area contributed by atoms with Crippen molar-refractivity contribution in [1.82, 2.24) is 10.2 Å². The van der Waals surface area contributed by atoms with Crippen LogP contribution in [0.15, 0.2) is 24.3 Å². The average Bonchev–Trinajstić information content (AvgIpc) is 2.84. The lowest BCUT2D eigenvalue weighted by molar-refractivity contribution is -0.117. The van der Waals surface area contributed by atoms with Gasteiger partial charge in [-0.15, -0.1) is 0 Å². The molecule has 1 aromatic rings. The van der Waals surface area contributed by atoms with Gasteiger partial charge in [-0.1, -0.05) is 18.9 Å². The van der Waals surface area contributed by atoms with E-state index >= 15 is 0 Å². The van der Waals surface area contributed by atoms with Crippen LogP contribution in [-0.4, -0.2) is 49.9 Å². The Bertz CT molecular complexity index is 554. The van der Waals surface area contributed by atoms with E-state index in [1.165, 1.54) is 25.7 Å². The third kappa shape index (κ3) is 7.67.